The third-order valence-electron chi connectivity index (χ3n) is 1.54. The molecule has 0 radical (unpaired) electrons. The van der Waals surface area contributed by atoms with Gasteiger partial charge in [-0.05, 0) is 24.1 Å². The van der Waals surface area contributed by atoms with Crippen molar-refractivity contribution < 1.29 is 4.74 Å². The second-order valence-corrected chi connectivity index (χ2v) is 3.01. The minimum absolute atomic E-state index is 0.0216. The molecule has 62 valence electrons. The smallest absolute Gasteiger partial charge is 0.143 e. The van der Waals surface area contributed by atoms with E-state index in [1.807, 2.05) is 23.6 Å². The quantitative estimate of drug-likeness (QED) is 0.622. The lowest BCUT2D eigenvalue weighted by atomic mass is 10.1. The van der Waals surface area contributed by atoms with Gasteiger partial charge in [-0.25, -0.2) is 4.83 Å². The van der Waals surface area contributed by atoms with E-state index in [4.69, 9.17) is 4.74 Å². The lowest BCUT2D eigenvalue weighted by molar-refractivity contribution is 0.219. The molecule has 2 rings (SSSR count). The molecule has 0 aromatic rings. The Morgan fingerprint density at radius 1 is 1.50 bits per heavy atom. The van der Waals surface area contributed by atoms with Gasteiger partial charge in [-0.3, -0.25) is 0 Å². The normalized spacial score (nSPS) is 26.0. The van der Waals surface area contributed by atoms with Crippen LogP contribution in [0.2, 0.25) is 0 Å². The van der Waals surface area contributed by atoms with Gasteiger partial charge in [0.25, 0.3) is 0 Å². The fourth-order valence-electron chi connectivity index (χ4n) is 0.972. The van der Waals surface area contributed by atoms with E-state index >= 15 is 0 Å². The summed E-state index contributed by atoms with van der Waals surface area (Å²) in [7, 11) is 0. The molecule has 1 unspecified atom stereocenters. The molecule has 0 saturated heterocycles. The predicted octanol–water partition coefficient (Wildman–Crippen LogP) is 1.58. The van der Waals surface area contributed by atoms with Crippen molar-refractivity contribution in [3.8, 4) is 0 Å². The Morgan fingerprint density at radius 3 is 3.17 bits per heavy atom. The van der Waals surface area contributed by atoms with E-state index in [2.05, 4.69) is 9.93 Å². The van der Waals surface area contributed by atoms with Gasteiger partial charge in [-0.2, -0.15) is 5.10 Å². The molecule has 2 aliphatic heterocycles. The second kappa shape index (κ2) is 3.49. The summed E-state index contributed by atoms with van der Waals surface area (Å²) in [5, 5.41) is 5.90. The number of hydrogen-bond acceptors (Lipinski definition) is 4. The van der Waals surface area contributed by atoms with Gasteiger partial charge < -0.3 is 4.74 Å². The minimum atomic E-state index is 0.0216. The van der Waals surface area contributed by atoms with Crippen LogP contribution >= 0.6 is 11.9 Å². The Bertz CT molecular complexity index is 281. The molecule has 12 heavy (non-hydrogen) atoms. The van der Waals surface area contributed by atoms with Crippen LogP contribution in [0.25, 0.3) is 0 Å². The van der Waals surface area contributed by atoms with Crippen LogP contribution in [0.4, 0.5) is 0 Å². The van der Waals surface area contributed by atoms with E-state index in [1.54, 1.807) is 12.5 Å². The van der Waals surface area contributed by atoms with E-state index < -0.39 is 0 Å². The van der Waals surface area contributed by atoms with Gasteiger partial charge >= 0.3 is 0 Å². The molecule has 0 spiro atoms. The van der Waals surface area contributed by atoms with Crippen molar-refractivity contribution in [2.75, 3.05) is 0 Å². The van der Waals surface area contributed by atoms with Gasteiger partial charge in [-0.15, -0.1) is 0 Å². The summed E-state index contributed by atoms with van der Waals surface area (Å²) < 4.78 is 5.35. The second-order valence-electron chi connectivity index (χ2n) is 2.36. The lowest BCUT2D eigenvalue weighted by Gasteiger charge is -2.17. The number of rotatable bonds is 1. The maximum atomic E-state index is 5.35. The first kappa shape index (κ1) is 7.49. The highest BCUT2D eigenvalue weighted by atomic mass is 32.2. The SMILES string of the molecule is C1=COC(C2=CSNN=C2)C=C1. The van der Waals surface area contributed by atoms with Gasteiger partial charge in [0.2, 0.25) is 0 Å². The third-order valence-corrected chi connectivity index (χ3v) is 2.14. The van der Waals surface area contributed by atoms with Crippen LogP contribution in [0, 0.1) is 0 Å². The third kappa shape index (κ3) is 1.53. The van der Waals surface area contributed by atoms with Gasteiger partial charge in [0.05, 0.1) is 12.5 Å². The highest BCUT2D eigenvalue weighted by molar-refractivity contribution is 8.00. The van der Waals surface area contributed by atoms with Gasteiger partial charge in [0.1, 0.15) is 6.10 Å². The Kier molecular flexibility index (Phi) is 2.18. The van der Waals surface area contributed by atoms with E-state index in [0.29, 0.717) is 0 Å². The number of hydrazone groups is 1. The molecule has 0 saturated carbocycles. The Labute approximate surface area is 75.0 Å². The molecule has 0 aromatic heterocycles. The average molecular weight is 180 g/mol. The maximum Gasteiger partial charge on any atom is 0.143 e. The molecular formula is C8H8N2OS. The fraction of sp³-hybridized carbons (Fsp3) is 0.125. The summed E-state index contributed by atoms with van der Waals surface area (Å²) in [6.07, 6.45) is 9.30. The summed E-state index contributed by atoms with van der Waals surface area (Å²) >= 11 is 1.45. The summed E-state index contributed by atoms with van der Waals surface area (Å²) in [6, 6.07) is 0. The number of allylic oxidation sites excluding steroid dienone is 2. The van der Waals surface area contributed by atoms with Crippen molar-refractivity contribution in [3.05, 3.63) is 35.5 Å². The molecule has 2 aliphatic rings. The summed E-state index contributed by atoms with van der Waals surface area (Å²) in [4.78, 5) is 2.77. The Morgan fingerprint density at radius 2 is 2.50 bits per heavy atom. The van der Waals surface area contributed by atoms with Crippen LogP contribution in [0.3, 0.4) is 0 Å². The standard InChI is InChI=1S/C8H8N2OS/c1-2-4-11-8(3-1)7-5-9-10-12-6-7/h1-6,8,10H. The summed E-state index contributed by atoms with van der Waals surface area (Å²) in [6.45, 7) is 0. The molecule has 1 N–H and O–H groups in total. The molecule has 4 heteroatoms. The van der Waals surface area contributed by atoms with Crippen LogP contribution in [-0.4, -0.2) is 12.3 Å². The number of hydrogen-bond donors (Lipinski definition) is 1. The molecular weight excluding hydrogens is 172 g/mol. The van der Waals surface area contributed by atoms with Crippen molar-refractivity contribution in [3.63, 3.8) is 0 Å². The van der Waals surface area contributed by atoms with Crippen LogP contribution in [0.5, 0.6) is 0 Å². The zero-order valence-electron chi connectivity index (χ0n) is 6.31. The number of nitrogens with one attached hydrogen (secondary N) is 1. The van der Waals surface area contributed by atoms with E-state index in [-0.39, 0.29) is 6.10 Å². The van der Waals surface area contributed by atoms with Crippen molar-refractivity contribution in [2.45, 2.75) is 6.10 Å². The van der Waals surface area contributed by atoms with E-state index in [0.717, 1.165) is 5.57 Å². The summed E-state index contributed by atoms with van der Waals surface area (Å²) in [5.74, 6) is 0. The molecule has 0 amide bonds. The molecule has 1 atom stereocenters. The topological polar surface area (TPSA) is 33.6 Å². The van der Waals surface area contributed by atoms with Crippen molar-refractivity contribution >= 4 is 18.2 Å². The van der Waals surface area contributed by atoms with Gasteiger partial charge in [-0.1, -0.05) is 6.08 Å². The lowest BCUT2D eigenvalue weighted by Crippen LogP contribution is -2.15. The minimum Gasteiger partial charge on any atom is -0.489 e. The highest BCUT2D eigenvalue weighted by Crippen LogP contribution is 2.16. The van der Waals surface area contributed by atoms with E-state index in [1.165, 1.54) is 11.9 Å². The molecule has 3 nitrogen and oxygen atoms in total. The molecule has 0 aliphatic carbocycles. The number of ether oxygens (including phenoxy) is 1. The van der Waals surface area contributed by atoms with Crippen molar-refractivity contribution in [2.24, 2.45) is 5.10 Å². The molecule has 0 fully saturated rings. The molecule has 2 heterocycles. The van der Waals surface area contributed by atoms with Crippen molar-refractivity contribution in [1.82, 2.24) is 4.83 Å². The zero-order chi connectivity index (χ0) is 8.23. The predicted molar refractivity (Wildman–Crippen MR) is 50.5 cm³/mol. The number of nitrogens with zero attached hydrogens (tertiary/aromatic N) is 1. The molecule has 0 bridgehead atoms. The fourth-order valence-corrected chi connectivity index (χ4v) is 1.47. The van der Waals surface area contributed by atoms with Gasteiger partial charge in [0, 0.05) is 11.0 Å². The average Bonchev–Trinajstić information content (AvgIpc) is 2.21. The van der Waals surface area contributed by atoms with Crippen LogP contribution in [0.1, 0.15) is 0 Å². The molecule has 0 aromatic carbocycles. The first-order valence-corrected chi connectivity index (χ1v) is 4.47. The van der Waals surface area contributed by atoms with Crippen LogP contribution in [-0.2, 0) is 4.74 Å². The first-order valence-electron chi connectivity index (χ1n) is 3.59. The van der Waals surface area contributed by atoms with Crippen molar-refractivity contribution in [1.29, 1.82) is 0 Å². The monoisotopic (exact) mass is 180 g/mol. The van der Waals surface area contributed by atoms with Gasteiger partial charge in [0.15, 0.2) is 0 Å². The Balaban J connectivity index is 2.09. The first-order chi connectivity index (χ1) is 5.97. The zero-order valence-corrected chi connectivity index (χ0v) is 7.12. The Hall–Kier alpha value is -1.16. The van der Waals surface area contributed by atoms with Crippen LogP contribution in [0.15, 0.2) is 40.6 Å². The van der Waals surface area contributed by atoms with Crippen LogP contribution < -0.4 is 4.83 Å². The summed E-state index contributed by atoms with van der Waals surface area (Å²) in [5.41, 5.74) is 1.07. The highest BCUT2D eigenvalue weighted by Gasteiger charge is 2.12. The maximum absolute atomic E-state index is 5.35. The van der Waals surface area contributed by atoms with E-state index in [9.17, 15) is 0 Å². The largest absolute Gasteiger partial charge is 0.489 e.